The first-order valence-corrected chi connectivity index (χ1v) is 8.75. The molecule has 1 aromatic carbocycles. The maximum Gasteiger partial charge on any atom is 0.273 e. The average molecular weight is 327 g/mol. The lowest BCUT2D eigenvalue weighted by Gasteiger charge is -2.33. The van der Waals surface area contributed by atoms with Crippen LogP contribution in [0.25, 0.3) is 0 Å². The number of aromatic nitrogens is 1. The number of likely N-dealkylation sites (tertiary alicyclic amines) is 1. The fourth-order valence-corrected chi connectivity index (χ4v) is 3.27. The van der Waals surface area contributed by atoms with Crippen LogP contribution in [0.1, 0.15) is 41.6 Å². The average Bonchev–Trinajstić information content (AvgIpc) is 3.10. The maximum atomic E-state index is 12.4. The number of benzene rings is 1. The quantitative estimate of drug-likeness (QED) is 0.886. The SMILES string of the molecule is CCc1ocnc1C(=O)NC1CCCN(CCc2ccccc2)C1. The number of hydrogen-bond acceptors (Lipinski definition) is 4. The molecule has 5 heteroatoms. The molecule has 128 valence electrons. The predicted octanol–water partition coefficient (Wildman–Crippen LogP) is 2.67. The number of aryl methyl sites for hydroxylation is 1. The van der Waals surface area contributed by atoms with Crippen molar-refractivity contribution in [3.63, 3.8) is 0 Å². The number of oxazole rings is 1. The standard InChI is InChI=1S/C19H25N3O2/c1-2-17-18(20-14-24-17)19(23)21-16-9-6-11-22(13-16)12-10-15-7-4-3-5-8-15/h3-5,7-8,14,16H,2,6,9-13H2,1H3,(H,21,23). The fourth-order valence-electron chi connectivity index (χ4n) is 3.27. The zero-order chi connectivity index (χ0) is 16.8. The molecule has 1 unspecified atom stereocenters. The van der Waals surface area contributed by atoms with E-state index in [1.807, 2.05) is 13.0 Å². The molecule has 3 rings (SSSR count). The summed E-state index contributed by atoms with van der Waals surface area (Å²) in [5.41, 5.74) is 1.79. The molecule has 2 heterocycles. The normalized spacial score (nSPS) is 18.5. The highest BCUT2D eigenvalue weighted by Crippen LogP contribution is 2.13. The minimum absolute atomic E-state index is 0.115. The molecule has 0 radical (unpaired) electrons. The van der Waals surface area contributed by atoms with Gasteiger partial charge in [0.15, 0.2) is 12.1 Å². The van der Waals surface area contributed by atoms with Gasteiger partial charge < -0.3 is 14.6 Å². The van der Waals surface area contributed by atoms with Crippen LogP contribution in [-0.4, -0.2) is 41.5 Å². The summed E-state index contributed by atoms with van der Waals surface area (Å²) < 4.78 is 5.25. The third-order valence-corrected chi connectivity index (χ3v) is 4.58. The molecule has 1 aliphatic rings. The highest BCUT2D eigenvalue weighted by molar-refractivity contribution is 5.93. The smallest absolute Gasteiger partial charge is 0.273 e. The van der Waals surface area contributed by atoms with E-state index in [0.717, 1.165) is 38.9 Å². The Balaban J connectivity index is 1.51. The van der Waals surface area contributed by atoms with Crippen LogP contribution in [0.15, 0.2) is 41.1 Å². The first-order valence-electron chi connectivity index (χ1n) is 8.75. The minimum Gasteiger partial charge on any atom is -0.448 e. The van der Waals surface area contributed by atoms with Crippen molar-refractivity contribution in [1.82, 2.24) is 15.2 Å². The Morgan fingerprint density at radius 2 is 2.21 bits per heavy atom. The number of piperidine rings is 1. The number of hydrogen-bond donors (Lipinski definition) is 1. The molecule has 1 N–H and O–H groups in total. The van der Waals surface area contributed by atoms with Gasteiger partial charge in [-0.15, -0.1) is 0 Å². The lowest BCUT2D eigenvalue weighted by atomic mass is 10.0. The van der Waals surface area contributed by atoms with E-state index in [1.165, 1.54) is 12.0 Å². The Bertz CT molecular complexity index is 654. The van der Waals surface area contributed by atoms with Crippen molar-refractivity contribution in [1.29, 1.82) is 0 Å². The van der Waals surface area contributed by atoms with E-state index in [0.29, 0.717) is 17.9 Å². The van der Waals surface area contributed by atoms with Crippen LogP contribution in [-0.2, 0) is 12.8 Å². The summed E-state index contributed by atoms with van der Waals surface area (Å²) in [5.74, 6) is 0.541. The Kier molecular flexibility index (Phi) is 5.64. The molecular weight excluding hydrogens is 302 g/mol. The second-order valence-electron chi connectivity index (χ2n) is 6.33. The van der Waals surface area contributed by atoms with Gasteiger partial charge in [-0.05, 0) is 31.4 Å². The van der Waals surface area contributed by atoms with Gasteiger partial charge in [-0.25, -0.2) is 4.98 Å². The van der Waals surface area contributed by atoms with Crippen LogP contribution in [0.2, 0.25) is 0 Å². The highest BCUT2D eigenvalue weighted by atomic mass is 16.3. The summed E-state index contributed by atoms with van der Waals surface area (Å²) in [4.78, 5) is 18.9. The zero-order valence-corrected chi connectivity index (χ0v) is 14.2. The van der Waals surface area contributed by atoms with Gasteiger partial charge in [-0.1, -0.05) is 37.3 Å². The largest absolute Gasteiger partial charge is 0.448 e. The Hall–Kier alpha value is -2.14. The van der Waals surface area contributed by atoms with Gasteiger partial charge in [-0.2, -0.15) is 0 Å². The monoisotopic (exact) mass is 327 g/mol. The number of nitrogens with zero attached hydrogens (tertiary/aromatic N) is 2. The van der Waals surface area contributed by atoms with Gasteiger partial charge >= 0.3 is 0 Å². The van der Waals surface area contributed by atoms with Crippen molar-refractivity contribution in [3.05, 3.63) is 53.7 Å². The molecule has 1 amide bonds. The molecule has 1 saturated heterocycles. The Morgan fingerprint density at radius 3 is 3.00 bits per heavy atom. The van der Waals surface area contributed by atoms with Crippen LogP contribution < -0.4 is 5.32 Å². The molecular formula is C19H25N3O2. The van der Waals surface area contributed by atoms with Crippen LogP contribution in [0, 0.1) is 0 Å². The van der Waals surface area contributed by atoms with E-state index in [2.05, 4.69) is 39.5 Å². The summed E-state index contributed by atoms with van der Waals surface area (Å²) in [6, 6.07) is 10.7. The molecule has 0 aliphatic carbocycles. The first-order chi connectivity index (χ1) is 11.8. The highest BCUT2D eigenvalue weighted by Gasteiger charge is 2.23. The van der Waals surface area contributed by atoms with E-state index in [1.54, 1.807) is 0 Å². The predicted molar refractivity (Wildman–Crippen MR) is 93.0 cm³/mol. The minimum atomic E-state index is -0.115. The van der Waals surface area contributed by atoms with Crippen molar-refractivity contribution in [2.75, 3.05) is 19.6 Å². The van der Waals surface area contributed by atoms with Gasteiger partial charge in [0.2, 0.25) is 0 Å². The molecule has 1 aliphatic heterocycles. The molecule has 0 spiro atoms. The number of rotatable bonds is 6. The number of carbonyl (C=O) groups is 1. The molecule has 24 heavy (non-hydrogen) atoms. The van der Waals surface area contributed by atoms with E-state index < -0.39 is 0 Å². The van der Waals surface area contributed by atoms with Crippen molar-refractivity contribution in [2.45, 2.75) is 38.6 Å². The van der Waals surface area contributed by atoms with Gasteiger partial charge in [0.05, 0.1) is 0 Å². The van der Waals surface area contributed by atoms with E-state index in [9.17, 15) is 4.79 Å². The topological polar surface area (TPSA) is 58.4 Å². The number of nitrogens with one attached hydrogen (secondary N) is 1. The zero-order valence-electron chi connectivity index (χ0n) is 14.2. The van der Waals surface area contributed by atoms with Crippen LogP contribution in [0.3, 0.4) is 0 Å². The van der Waals surface area contributed by atoms with Crippen molar-refractivity contribution < 1.29 is 9.21 Å². The van der Waals surface area contributed by atoms with Crippen molar-refractivity contribution in [3.8, 4) is 0 Å². The third kappa shape index (κ3) is 4.23. The van der Waals surface area contributed by atoms with Crippen molar-refractivity contribution >= 4 is 5.91 Å². The number of carbonyl (C=O) groups excluding carboxylic acids is 1. The molecule has 5 nitrogen and oxygen atoms in total. The fraction of sp³-hybridized carbons (Fsp3) is 0.474. The Labute approximate surface area is 143 Å². The van der Waals surface area contributed by atoms with E-state index in [4.69, 9.17) is 4.42 Å². The molecule has 1 atom stereocenters. The van der Waals surface area contributed by atoms with E-state index >= 15 is 0 Å². The van der Waals surface area contributed by atoms with E-state index in [-0.39, 0.29) is 11.9 Å². The van der Waals surface area contributed by atoms with Gasteiger partial charge in [0, 0.05) is 25.6 Å². The summed E-state index contributed by atoms with van der Waals surface area (Å²) in [6.07, 6.45) is 5.20. The lowest BCUT2D eigenvalue weighted by molar-refractivity contribution is 0.0898. The first kappa shape index (κ1) is 16.7. The summed E-state index contributed by atoms with van der Waals surface area (Å²) in [5, 5.41) is 3.12. The van der Waals surface area contributed by atoms with Gasteiger partial charge in [0.25, 0.3) is 5.91 Å². The molecule has 2 aromatic rings. The van der Waals surface area contributed by atoms with Crippen molar-refractivity contribution in [2.24, 2.45) is 0 Å². The molecule has 0 saturated carbocycles. The number of amides is 1. The summed E-state index contributed by atoms with van der Waals surface area (Å²) in [7, 11) is 0. The molecule has 0 bridgehead atoms. The molecule has 1 fully saturated rings. The van der Waals surface area contributed by atoms with Crippen LogP contribution in [0.4, 0.5) is 0 Å². The van der Waals surface area contributed by atoms with Crippen LogP contribution in [0.5, 0.6) is 0 Å². The van der Waals surface area contributed by atoms with Gasteiger partial charge in [0.1, 0.15) is 5.76 Å². The second kappa shape index (κ2) is 8.11. The lowest BCUT2D eigenvalue weighted by Crippen LogP contribution is -2.48. The Morgan fingerprint density at radius 1 is 1.38 bits per heavy atom. The van der Waals surface area contributed by atoms with Crippen LogP contribution >= 0.6 is 0 Å². The summed E-state index contributed by atoms with van der Waals surface area (Å²) in [6.45, 7) is 4.99. The second-order valence-corrected chi connectivity index (χ2v) is 6.33. The molecule has 1 aromatic heterocycles. The summed E-state index contributed by atoms with van der Waals surface area (Å²) >= 11 is 0. The van der Waals surface area contributed by atoms with Gasteiger partial charge in [-0.3, -0.25) is 4.79 Å². The maximum absolute atomic E-state index is 12.4. The third-order valence-electron chi connectivity index (χ3n) is 4.58.